The van der Waals surface area contributed by atoms with Crippen LogP contribution < -0.4 is 15.4 Å². The quantitative estimate of drug-likeness (QED) is 0.293. The third-order valence-corrected chi connectivity index (χ3v) is 6.11. The van der Waals surface area contributed by atoms with Crippen LogP contribution >= 0.6 is 23.2 Å². The molecule has 3 aromatic carbocycles. The van der Waals surface area contributed by atoms with Crippen LogP contribution in [0.1, 0.15) is 22.7 Å². The Morgan fingerprint density at radius 2 is 1.67 bits per heavy atom. The first kappa shape index (κ1) is 23.7. The lowest BCUT2D eigenvalue weighted by molar-refractivity contribution is -0.111. The van der Waals surface area contributed by atoms with Crippen LogP contribution in [-0.2, 0) is 4.79 Å². The number of rotatable bonds is 6. The zero-order valence-corrected chi connectivity index (χ0v) is 20.7. The summed E-state index contributed by atoms with van der Waals surface area (Å²) in [7, 11) is 1.61. The summed E-state index contributed by atoms with van der Waals surface area (Å²) in [6.07, 6.45) is 5.19. The monoisotopic (exact) mass is 517 g/mol. The van der Waals surface area contributed by atoms with Gasteiger partial charge in [0.05, 0.1) is 7.11 Å². The molecular formula is C27H21Cl2N5O2. The molecule has 7 nitrogen and oxygen atoms in total. The lowest BCUT2D eigenvalue weighted by atomic mass is 10.0. The number of allylic oxidation sites excluding steroid dienone is 1. The normalized spacial score (nSPS) is 14.6. The smallest absolute Gasteiger partial charge is 0.250 e. The van der Waals surface area contributed by atoms with Crippen molar-refractivity contribution in [3.05, 3.63) is 112 Å². The molecule has 0 saturated carbocycles. The lowest BCUT2D eigenvalue weighted by Crippen LogP contribution is -2.20. The fourth-order valence-electron chi connectivity index (χ4n) is 3.78. The van der Waals surface area contributed by atoms with Gasteiger partial charge in [0.1, 0.15) is 11.8 Å². The van der Waals surface area contributed by atoms with Crippen LogP contribution in [0.15, 0.2) is 84.9 Å². The van der Waals surface area contributed by atoms with Crippen molar-refractivity contribution >= 4 is 52.8 Å². The Balaban J connectivity index is 1.40. The molecule has 180 valence electrons. The highest BCUT2D eigenvalue weighted by Crippen LogP contribution is 2.34. The van der Waals surface area contributed by atoms with E-state index in [4.69, 9.17) is 27.9 Å². The number of carbonyl (C=O) groups is 1. The van der Waals surface area contributed by atoms with Gasteiger partial charge in [0.15, 0.2) is 0 Å². The summed E-state index contributed by atoms with van der Waals surface area (Å²) in [5.41, 5.74) is 3.63. The maximum atomic E-state index is 12.6. The molecule has 0 saturated heterocycles. The molecule has 5 rings (SSSR count). The molecule has 36 heavy (non-hydrogen) atoms. The van der Waals surface area contributed by atoms with Crippen molar-refractivity contribution in [1.29, 1.82) is 0 Å². The molecule has 0 spiro atoms. The number of fused-ring (bicyclic) bond motifs is 1. The second-order valence-electron chi connectivity index (χ2n) is 8.01. The molecule has 0 bridgehead atoms. The van der Waals surface area contributed by atoms with Crippen LogP contribution in [0.25, 0.3) is 11.8 Å². The Labute approximate surface area is 218 Å². The van der Waals surface area contributed by atoms with Gasteiger partial charge in [-0.05, 0) is 65.2 Å². The van der Waals surface area contributed by atoms with Gasteiger partial charge in [-0.3, -0.25) is 10.1 Å². The molecule has 1 unspecified atom stereocenters. The summed E-state index contributed by atoms with van der Waals surface area (Å²) in [6.45, 7) is 0. The topological polar surface area (TPSA) is 81.1 Å². The van der Waals surface area contributed by atoms with Gasteiger partial charge in [-0.15, -0.1) is 5.10 Å². The zero-order valence-electron chi connectivity index (χ0n) is 19.2. The Morgan fingerprint density at radius 1 is 1.00 bits per heavy atom. The van der Waals surface area contributed by atoms with Gasteiger partial charge < -0.3 is 10.1 Å². The first-order valence-electron chi connectivity index (χ1n) is 11.1. The minimum Gasteiger partial charge on any atom is -0.497 e. The third kappa shape index (κ3) is 5.27. The molecule has 1 atom stereocenters. The Hall–Kier alpha value is -4.07. The number of amides is 1. The number of nitrogens with one attached hydrogen (secondary N) is 2. The Morgan fingerprint density at radius 3 is 2.33 bits per heavy atom. The lowest BCUT2D eigenvalue weighted by Gasteiger charge is -2.24. The van der Waals surface area contributed by atoms with Crippen LogP contribution in [0.4, 0.5) is 11.9 Å². The standard InChI is InChI=1S/C27H21Cl2N5O2/c1-36-22-13-2-17(3-14-22)4-15-25(35)31-26-32-27-30-23(18-5-9-20(28)10-6-18)16-24(34(27)33-26)19-7-11-21(29)12-8-19/h2-16,24H,1H3,(H2,30,31,32,33,35). The van der Waals surface area contributed by atoms with E-state index in [1.165, 1.54) is 6.08 Å². The van der Waals surface area contributed by atoms with Crippen molar-refractivity contribution in [2.75, 3.05) is 17.7 Å². The van der Waals surface area contributed by atoms with Crippen LogP contribution in [0.3, 0.4) is 0 Å². The number of aromatic nitrogens is 3. The van der Waals surface area contributed by atoms with E-state index in [9.17, 15) is 4.79 Å². The van der Waals surface area contributed by atoms with E-state index in [0.29, 0.717) is 16.0 Å². The molecule has 2 heterocycles. The van der Waals surface area contributed by atoms with Gasteiger partial charge in [0.2, 0.25) is 5.95 Å². The van der Waals surface area contributed by atoms with Crippen molar-refractivity contribution in [1.82, 2.24) is 14.8 Å². The SMILES string of the molecule is COc1ccc(C=CC(=O)Nc2nc3n(n2)C(c2ccc(Cl)cc2)C=C(c2ccc(Cl)cc2)N3)cc1. The molecule has 0 aliphatic carbocycles. The summed E-state index contributed by atoms with van der Waals surface area (Å²) < 4.78 is 6.88. The van der Waals surface area contributed by atoms with E-state index < -0.39 is 0 Å². The molecule has 1 aliphatic heterocycles. The number of anilines is 2. The summed E-state index contributed by atoms with van der Waals surface area (Å²) in [4.78, 5) is 17.1. The molecule has 2 N–H and O–H groups in total. The number of ether oxygens (including phenoxy) is 1. The van der Waals surface area contributed by atoms with Crippen molar-refractivity contribution in [2.45, 2.75) is 6.04 Å². The Bertz CT molecular complexity index is 1440. The first-order chi connectivity index (χ1) is 17.5. The predicted octanol–water partition coefficient (Wildman–Crippen LogP) is 6.30. The molecule has 1 amide bonds. The van der Waals surface area contributed by atoms with Gasteiger partial charge in [-0.1, -0.05) is 59.6 Å². The molecule has 9 heteroatoms. The number of hydrogen-bond acceptors (Lipinski definition) is 5. The molecular weight excluding hydrogens is 497 g/mol. The minimum absolute atomic E-state index is 0.187. The number of hydrogen-bond donors (Lipinski definition) is 2. The molecule has 1 aromatic heterocycles. The highest BCUT2D eigenvalue weighted by molar-refractivity contribution is 6.30. The second-order valence-corrected chi connectivity index (χ2v) is 8.88. The second kappa shape index (κ2) is 10.3. The van der Waals surface area contributed by atoms with Crippen LogP contribution in [0.5, 0.6) is 5.75 Å². The Kier molecular flexibility index (Phi) is 6.75. The first-order valence-corrected chi connectivity index (χ1v) is 11.8. The minimum atomic E-state index is -0.345. The van der Waals surface area contributed by atoms with Gasteiger partial charge in [0, 0.05) is 21.8 Å². The third-order valence-electron chi connectivity index (χ3n) is 5.61. The average Bonchev–Trinajstić information content (AvgIpc) is 3.30. The van der Waals surface area contributed by atoms with Crippen LogP contribution in [0.2, 0.25) is 10.0 Å². The number of halogens is 2. The fraction of sp³-hybridized carbons (Fsp3) is 0.0741. The highest BCUT2D eigenvalue weighted by Gasteiger charge is 2.25. The van der Waals surface area contributed by atoms with Crippen LogP contribution in [0, 0.1) is 0 Å². The highest BCUT2D eigenvalue weighted by atomic mass is 35.5. The van der Waals surface area contributed by atoms with Crippen molar-refractivity contribution in [2.24, 2.45) is 0 Å². The molecule has 1 aliphatic rings. The van der Waals surface area contributed by atoms with Crippen LogP contribution in [-0.4, -0.2) is 27.8 Å². The van der Waals surface area contributed by atoms with E-state index in [0.717, 1.165) is 28.1 Å². The number of nitrogens with zero attached hydrogens (tertiary/aromatic N) is 3. The predicted molar refractivity (Wildman–Crippen MR) is 143 cm³/mol. The maximum Gasteiger partial charge on any atom is 0.250 e. The van der Waals surface area contributed by atoms with E-state index in [2.05, 4.69) is 20.7 Å². The van der Waals surface area contributed by atoms with Crippen molar-refractivity contribution in [3.8, 4) is 5.75 Å². The van der Waals surface area contributed by atoms with E-state index >= 15 is 0 Å². The molecule has 0 radical (unpaired) electrons. The molecule has 0 fully saturated rings. The summed E-state index contributed by atoms with van der Waals surface area (Å²) in [5, 5.41) is 11.9. The summed E-state index contributed by atoms with van der Waals surface area (Å²) in [5.74, 6) is 1.09. The number of methoxy groups -OCH3 is 1. The van der Waals surface area contributed by atoms with Crippen molar-refractivity contribution in [3.63, 3.8) is 0 Å². The summed E-state index contributed by atoms with van der Waals surface area (Å²) in [6, 6.07) is 22.2. The largest absolute Gasteiger partial charge is 0.497 e. The number of benzene rings is 3. The average molecular weight is 518 g/mol. The zero-order chi connectivity index (χ0) is 25.1. The van der Waals surface area contributed by atoms with E-state index in [-0.39, 0.29) is 17.9 Å². The molecule has 4 aromatic rings. The fourth-order valence-corrected chi connectivity index (χ4v) is 4.03. The van der Waals surface area contributed by atoms with Gasteiger partial charge in [0.25, 0.3) is 11.9 Å². The van der Waals surface area contributed by atoms with Gasteiger partial charge in [-0.2, -0.15) is 4.98 Å². The maximum absolute atomic E-state index is 12.6. The van der Waals surface area contributed by atoms with Crippen molar-refractivity contribution < 1.29 is 9.53 Å². The van der Waals surface area contributed by atoms with E-state index in [1.54, 1.807) is 17.9 Å². The van der Waals surface area contributed by atoms with E-state index in [1.807, 2.05) is 78.9 Å². The van der Waals surface area contributed by atoms with Gasteiger partial charge in [-0.25, -0.2) is 4.68 Å². The number of carbonyl (C=O) groups excluding carboxylic acids is 1. The van der Waals surface area contributed by atoms with Gasteiger partial charge >= 0.3 is 0 Å². The summed E-state index contributed by atoms with van der Waals surface area (Å²) >= 11 is 12.2.